The average molecular weight is 300 g/mol. The van der Waals surface area contributed by atoms with Gasteiger partial charge in [0, 0.05) is 23.3 Å². The summed E-state index contributed by atoms with van der Waals surface area (Å²) < 4.78 is 11.1. The molecular weight excluding hydrogens is 284 g/mol. The Hall–Kier alpha value is -2.03. The highest BCUT2D eigenvalue weighted by Gasteiger charge is 2.12. The van der Waals surface area contributed by atoms with Crippen LogP contribution in [-0.4, -0.2) is 25.2 Å². The number of rotatable bonds is 4. The molecular formula is C16H16N2O2S. The number of hydrogen-bond acceptors (Lipinski definition) is 5. The van der Waals surface area contributed by atoms with E-state index < -0.39 is 0 Å². The summed E-state index contributed by atoms with van der Waals surface area (Å²) in [6.07, 6.45) is 0. The lowest BCUT2D eigenvalue weighted by molar-refractivity contribution is 0.171. The van der Waals surface area contributed by atoms with Gasteiger partial charge in [-0.15, -0.1) is 11.3 Å². The average Bonchev–Trinajstić information content (AvgIpc) is 2.94. The van der Waals surface area contributed by atoms with Gasteiger partial charge < -0.3 is 9.47 Å². The molecule has 0 aliphatic carbocycles. The summed E-state index contributed by atoms with van der Waals surface area (Å²) in [6, 6.07) is 10.2. The fraction of sp³-hybridized carbons (Fsp3) is 0.312. The molecule has 1 aliphatic rings. The lowest BCUT2D eigenvalue weighted by Crippen LogP contribution is -2.18. The van der Waals surface area contributed by atoms with Gasteiger partial charge in [0.05, 0.1) is 5.56 Å². The van der Waals surface area contributed by atoms with E-state index in [1.54, 1.807) is 11.3 Å². The Morgan fingerprint density at radius 1 is 1.19 bits per heavy atom. The second-order valence-corrected chi connectivity index (χ2v) is 6.06. The minimum absolute atomic E-state index is 0.610. The largest absolute Gasteiger partial charge is 0.486 e. The van der Waals surface area contributed by atoms with E-state index >= 15 is 0 Å². The van der Waals surface area contributed by atoms with E-state index in [2.05, 4.69) is 24.1 Å². The Morgan fingerprint density at radius 3 is 2.76 bits per heavy atom. The standard InChI is InChI=1S/C16H16N2O2S/c1-18(10-14-6-13(8-17)11-21-14)9-12-2-3-15-16(7-12)20-5-4-19-15/h2-3,6-7,11H,4-5,9-10H2,1H3. The van der Waals surface area contributed by atoms with Crippen LogP contribution in [0.25, 0.3) is 0 Å². The zero-order valence-corrected chi connectivity index (χ0v) is 12.7. The van der Waals surface area contributed by atoms with Crippen LogP contribution < -0.4 is 9.47 Å². The van der Waals surface area contributed by atoms with Gasteiger partial charge in [-0.1, -0.05) is 6.07 Å². The second-order valence-electron chi connectivity index (χ2n) is 5.06. The maximum absolute atomic E-state index is 8.85. The van der Waals surface area contributed by atoms with Crippen molar-refractivity contribution < 1.29 is 9.47 Å². The summed E-state index contributed by atoms with van der Waals surface area (Å²) >= 11 is 1.63. The fourth-order valence-corrected chi connectivity index (χ4v) is 3.23. The molecule has 0 N–H and O–H groups in total. The lowest BCUT2D eigenvalue weighted by atomic mass is 10.2. The Morgan fingerprint density at radius 2 is 2.00 bits per heavy atom. The first-order chi connectivity index (χ1) is 10.2. The van der Waals surface area contributed by atoms with Crippen molar-refractivity contribution >= 4 is 11.3 Å². The molecule has 0 bridgehead atoms. The quantitative estimate of drug-likeness (QED) is 0.870. The molecule has 5 heteroatoms. The van der Waals surface area contributed by atoms with Crippen LogP contribution >= 0.6 is 11.3 Å². The van der Waals surface area contributed by atoms with Crippen LogP contribution in [0, 0.1) is 11.3 Å². The third-order valence-corrected chi connectivity index (χ3v) is 4.19. The maximum Gasteiger partial charge on any atom is 0.161 e. The van der Waals surface area contributed by atoms with E-state index in [1.165, 1.54) is 10.4 Å². The lowest BCUT2D eigenvalue weighted by Gasteiger charge is -2.20. The van der Waals surface area contributed by atoms with Gasteiger partial charge in [-0.3, -0.25) is 4.90 Å². The number of nitriles is 1. The van der Waals surface area contributed by atoms with Crippen LogP contribution in [0.5, 0.6) is 11.5 Å². The minimum Gasteiger partial charge on any atom is -0.486 e. The molecule has 4 nitrogen and oxygen atoms in total. The smallest absolute Gasteiger partial charge is 0.161 e. The molecule has 0 spiro atoms. The number of nitrogens with zero attached hydrogens (tertiary/aromatic N) is 2. The Bertz CT molecular complexity index is 675. The molecule has 21 heavy (non-hydrogen) atoms. The molecule has 1 aromatic heterocycles. The van der Waals surface area contributed by atoms with Crippen molar-refractivity contribution in [1.82, 2.24) is 4.90 Å². The molecule has 2 heterocycles. The van der Waals surface area contributed by atoms with Crippen LogP contribution in [0.3, 0.4) is 0 Å². The number of ether oxygens (including phenoxy) is 2. The first kappa shape index (κ1) is 13.9. The summed E-state index contributed by atoms with van der Waals surface area (Å²) in [6.45, 7) is 2.89. The molecule has 0 amide bonds. The molecule has 3 rings (SSSR count). The van der Waals surface area contributed by atoms with Crippen LogP contribution in [0.1, 0.15) is 16.0 Å². The number of hydrogen-bond donors (Lipinski definition) is 0. The van der Waals surface area contributed by atoms with Crippen molar-refractivity contribution in [2.75, 3.05) is 20.3 Å². The Kier molecular flexibility index (Phi) is 4.09. The number of fused-ring (bicyclic) bond motifs is 1. The molecule has 0 saturated carbocycles. The molecule has 0 radical (unpaired) electrons. The summed E-state index contributed by atoms with van der Waals surface area (Å²) in [5, 5.41) is 10.7. The Balaban J connectivity index is 1.64. The molecule has 0 fully saturated rings. The predicted octanol–water partition coefficient (Wildman–Crippen LogP) is 3.02. The predicted molar refractivity (Wildman–Crippen MR) is 81.6 cm³/mol. The van der Waals surface area contributed by atoms with Gasteiger partial charge >= 0.3 is 0 Å². The van der Waals surface area contributed by atoms with Gasteiger partial charge in [0.15, 0.2) is 11.5 Å². The zero-order chi connectivity index (χ0) is 14.7. The normalized spacial score (nSPS) is 13.2. The third kappa shape index (κ3) is 3.35. The monoisotopic (exact) mass is 300 g/mol. The second kappa shape index (κ2) is 6.17. The van der Waals surface area contributed by atoms with Crippen LogP contribution in [-0.2, 0) is 13.1 Å². The van der Waals surface area contributed by atoms with Crippen molar-refractivity contribution in [2.24, 2.45) is 0 Å². The highest BCUT2D eigenvalue weighted by molar-refractivity contribution is 7.10. The highest BCUT2D eigenvalue weighted by atomic mass is 32.1. The van der Waals surface area contributed by atoms with Crippen LogP contribution in [0.4, 0.5) is 0 Å². The summed E-state index contributed by atoms with van der Waals surface area (Å²) in [7, 11) is 2.07. The summed E-state index contributed by atoms with van der Waals surface area (Å²) in [5.41, 5.74) is 1.93. The van der Waals surface area contributed by atoms with E-state index in [-0.39, 0.29) is 0 Å². The van der Waals surface area contributed by atoms with Crippen LogP contribution in [0.15, 0.2) is 29.6 Å². The molecule has 0 atom stereocenters. The number of thiophene rings is 1. The first-order valence-electron chi connectivity index (χ1n) is 6.79. The molecule has 1 aromatic carbocycles. The van der Waals surface area contributed by atoms with E-state index in [0.29, 0.717) is 13.2 Å². The van der Waals surface area contributed by atoms with Gasteiger partial charge in [0.2, 0.25) is 0 Å². The molecule has 108 valence electrons. The van der Waals surface area contributed by atoms with E-state index in [1.807, 2.05) is 23.6 Å². The highest BCUT2D eigenvalue weighted by Crippen LogP contribution is 2.31. The van der Waals surface area contributed by atoms with E-state index in [9.17, 15) is 0 Å². The minimum atomic E-state index is 0.610. The van der Waals surface area contributed by atoms with E-state index in [4.69, 9.17) is 14.7 Å². The van der Waals surface area contributed by atoms with Gasteiger partial charge in [0.1, 0.15) is 19.3 Å². The fourth-order valence-electron chi connectivity index (χ4n) is 2.34. The van der Waals surface area contributed by atoms with Gasteiger partial charge in [0.25, 0.3) is 0 Å². The molecule has 0 saturated heterocycles. The van der Waals surface area contributed by atoms with Crippen molar-refractivity contribution in [3.05, 3.63) is 45.6 Å². The maximum atomic E-state index is 8.85. The van der Waals surface area contributed by atoms with Crippen molar-refractivity contribution in [1.29, 1.82) is 5.26 Å². The molecule has 2 aromatic rings. The molecule has 1 aliphatic heterocycles. The topological polar surface area (TPSA) is 45.5 Å². The van der Waals surface area contributed by atoms with Crippen molar-refractivity contribution in [3.63, 3.8) is 0 Å². The summed E-state index contributed by atoms with van der Waals surface area (Å²) in [5.74, 6) is 1.65. The molecule has 0 unspecified atom stereocenters. The van der Waals surface area contributed by atoms with Gasteiger partial charge in [-0.25, -0.2) is 0 Å². The third-order valence-electron chi connectivity index (χ3n) is 3.27. The number of benzene rings is 1. The summed E-state index contributed by atoms with van der Waals surface area (Å²) in [4.78, 5) is 3.42. The van der Waals surface area contributed by atoms with Gasteiger partial charge in [-0.2, -0.15) is 5.26 Å². The van der Waals surface area contributed by atoms with Crippen molar-refractivity contribution in [3.8, 4) is 17.6 Å². The zero-order valence-electron chi connectivity index (χ0n) is 11.8. The SMILES string of the molecule is CN(Cc1ccc2c(c1)OCCO2)Cc1cc(C#N)cs1. The van der Waals surface area contributed by atoms with Crippen molar-refractivity contribution in [2.45, 2.75) is 13.1 Å². The first-order valence-corrected chi connectivity index (χ1v) is 7.67. The van der Waals surface area contributed by atoms with Crippen LogP contribution in [0.2, 0.25) is 0 Å². The van der Waals surface area contributed by atoms with Gasteiger partial charge in [-0.05, 0) is 30.8 Å². The van der Waals surface area contributed by atoms with E-state index in [0.717, 1.165) is 30.2 Å². The Labute approximate surface area is 128 Å².